The molecule has 27 heavy (non-hydrogen) atoms. The zero-order valence-electron chi connectivity index (χ0n) is 16.5. The quantitative estimate of drug-likeness (QED) is 0.367. The SMILES string of the molecule is CCNC(=NCC1(O)CCSC1)N1CCN(Cc2cccc(C)c2)CC1.I. The van der Waals surface area contributed by atoms with Crippen molar-refractivity contribution in [2.45, 2.75) is 32.4 Å². The maximum Gasteiger partial charge on any atom is 0.194 e. The minimum absolute atomic E-state index is 0. The van der Waals surface area contributed by atoms with Crippen molar-refractivity contribution in [3.63, 3.8) is 0 Å². The summed E-state index contributed by atoms with van der Waals surface area (Å²) in [6.07, 6.45) is 0.852. The number of aryl methyl sites for hydroxylation is 1. The average molecular weight is 504 g/mol. The van der Waals surface area contributed by atoms with Crippen LogP contribution in [0.4, 0.5) is 0 Å². The highest BCUT2D eigenvalue weighted by atomic mass is 127. The van der Waals surface area contributed by atoms with Crippen LogP contribution in [0.3, 0.4) is 0 Å². The zero-order chi connectivity index (χ0) is 18.4. The van der Waals surface area contributed by atoms with Gasteiger partial charge in [-0.1, -0.05) is 29.8 Å². The Kier molecular flexibility index (Phi) is 9.18. The third-order valence-corrected chi connectivity index (χ3v) is 6.34. The molecule has 0 radical (unpaired) electrons. The topological polar surface area (TPSA) is 51.1 Å². The second kappa shape index (κ2) is 10.9. The molecule has 0 amide bonds. The van der Waals surface area contributed by atoms with Gasteiger partial charge < -0.3 is 15.3 Å². The van der Waals surface area contributed by atoms with Gasteiger partial charge in [-0.3, -0.25) is 9.89 Å². The maximum absolute atomic E-state index is 10.6. The highest BCUT2D eigenvalue weighted by Crippen LogP contribution is 2.28. The van der Waals surface area contributed by atoms with E-state index in [1.165, 1.54) is 11.1 Å². The fourth-order valence-electron chi connectivity index (χ4n) is 3.56. The summed E-state index contributed by atoms with van der Waals surface area (Å²) >= 11 is 1.82. The summed E-state index contributed by atoms with van der Waals surface area (Å²) < 4.78 is 0. The predicted molar refractivity (Wildman–Crippen MR) is 126 cm³/mol. The number of aliphatic imine (C=N–C) groups is 1. The minimum atomic E-state index is -0.613. The smallest absolute Gasteiger partial charge is 0.194 e. The summed E-state index contributed by atoms with van der Waals surface area (Å²) in [6.45, 7) is 10.7. The number of hydrogen-bond acceptors (Lipinski definition) is 4. The van der Waals surface area contributed by atoms with Crippen molar-refractivity contribution < 1.29 is 5.11 Å². The summed E-state index contributed by atoms with van der Waals surface area (Å²) in [5.41, 5.74) is 2.10. The van der Waals surface area contributed by atoms with Gasteiger partial charge in [-0.15, -0.1) is 24.0 Å². The lowest BCUT2D eigenvalue weighted by Crippen LogP contribution is -2.52. The normalized spacial score (nSPS) is 24.0. The number of rotatable bonds is 5. The minimum Gasteiger partial charge on any atom is -0.387 e. The van der Waals surface area contributed by atoms with Crippen LogP contribution in [0.2, 0.25) is 0 Å². The summed E-state index contributed by atoms with van der Waals surface area (Å²) in [5.74, 6) is 2.80. The molecule has 2 N–H and O–H groups in total. The lowest BCUT2D eigenvalue weighted by atomic mass is 10.0. The average Bonchev–Trinajstić information content (AvgIpc) is 3.06. The molecule has 7 heteroatoms. The highest BCUT2D eigenvalue weighted by Gasteiger charge is 2.32. The molecule has 152 valence electrons. The van der Waals surface area contributed by atoms with Gasteiger partial charge >= 0.3 is 0 Å². The van der Waals surface area contributed by atoms with Crippen molar-refractivity contribution in [2.24, 2.45) is 4.99 Å². The van der Waals surface area contributed by atoms with Gasteiger partial charge in [0.2, 0.25) is 0 Å². The van der Waals surface area contributed by atoms with Gasteiger partial charge in [0.25, 0.3) is 0 Å². The molecule has 1 unspecified atom stereocenters. The van der Waals surface area contributed by atoms with Gasteiger partial charge in [-0.2, -0.15) is 11.8 Å². The van der Waals surface area contributed by atoms with E-state index in [2.05, 4.69) is 53.2 Å². The van der Waals surface area contributed by atoms with E-state index in [1.807, 2.05) is 11.8 Å². The molecule has 3 rings (SSSR count). The van der Waals surface area contributed by atoms with Crippen LogP contribution >= 0.6 is 35.7 Å². The molecule has 2 heterocycles. The van der Waals surface area contributed by atoms with Crippen LogP contribution in [-0.2, 0) is 6.54 Å². The molecule has 0 aromatic heterocycles. The lowest BCUT2D eigenvalue weighted by molar-refractivity contribution is 0.0773. The summed E-state index contributed by atoms with van der Waals surface area (Å²) in [5, 5.41) is 14.0. The molecular weight excluding hydrogens is 471 g/mol. The van der Waals surface area contributed by atoms with Gasteiger partial charge in [0.15, 0.2) is 5.96 Å². The Hall–Kier alpha value is -0.510. The number of halogens is 1. The van der Waals surface area contributed by atoms with Crippen LogP contribution in [0.25, 0.3) is 0 Å². The van der Waals surface area contributed by atoms with E-state index in [4.69, 9.17) is 4.99 Å². The van der Waals surface area contributed by atoms with Crippen molar-refractivity contribution >= 4 is 41.7 Å². The Morgan fingerprint density at radius 2 is 2.07 bits per heavy atom. The molecule has 0 aliphatic carbocycles. The molecule has 2 aliphatic rings. The number of piperazine rings is 1. The number of guanidine groups is 1. The molecule has 0 bridgehead atoms. The zero-order valence-corrected chi connectivity index (χ0v) is 19.6. The molecule has 0 saturated carbocycles. The van der Waals surface area contributed by atoms with Gasteiger partial charge in [0.1, 0.15) is 0 Å². The largest absolute Gasteiger partial charge is 0.387 e. The molecule has 1 aromatic carbocycles. The fraction of sp³-hybridized carbons (Fsp3) is 0.650. The molecule has 0 spiro atoms. The molecule has 5 nitrogen and oxygen atoms in total. The molecule has 2 saturated heterocycles. The van der Waals surface area contributed by atoms with Crippen LogP contribution in [0, 0.1) is 6.92 Å². The van der Waals surface area contributed by atoms with Crippen molar-refractivity contribution in [2.75, 3.05) is 50.8 Å². The number of thioether (sulfide) groups is 1. The van der Waals surface area contributed by atoms with E-state index in [9.17, 15) is 5.11 Å². The first-order valence-electron chi connectivity index (χ1n) is 9.69. The lowest BCUT2D eigenvalue weighted by Gasteiger charge is -2.37. The van der Waals surface area contributed by atoms with Crippen molar-refractivity contribution in [1.82, 2.24) is 15.1 Å². The number of benzene rings is 1. The Morgan fingerprint density at radius 3 is 2.70 bits per heavy atom. The number of nitrogens with zero attached hydrogens (tertiary/aromatic N) is 3. The molecule has 1 aromatic rings. The van der Waals surface area contributed by atoms with Crippen LogP contribution < -0.4 is 5.32 Å². The molecular formula is C20H33IN4OS. The van der Waals surface area contributed by atoms with E-state index < -0.39 is 5.60 Å². The van der Waals surface area contributed by atoms with E-state index in [1.54, 1.807) is 0 Å². The third kappa shape index (κ3) is 6.80. The van der Waals surface area contributed by atoms with Crippen molar-refractivity contribution in [1.29, 1.82) is 0 Å². The van der Waals surface area contributed by atoms with Gasteiger partial charge in [0.05, 0.1) is 12.1 Å². The van der Waals surface area contributed by atoms with Crippen LogP contribution in [0.1, 0.15) is 24.5 Å². The van der Waals surface area contributed by atoms with E-state index in [-0.39, 0.29) is 24.0 Å². The Morgan fingerprint density at radius 1 is 1.30 bits per heavy atom. The second-order valence-electron chi connectivity index (χ2n) is 7.45. The van der Waals surface area contributed by atoms with Gasteiger partial charge in [0, 0.05) is 45.0 Å². The fourth-order valence-corrected chi connectivity index (χ4v) is 4.84. The Bertz CT molecular complexity index is 614. The van der Waals surface area contributed by atoms with Crippen LogP contribution in [0.15, 0.2) is 29.3 Å². The molecule has 2 aliphatic heterocycles. The third-order valence-electron chi connectivity index (χ3n) is 5.10. The van der Waals surface area contributed by atoms with Crippen molar-refractivity contribution in [3.8, 4) is 0 Å². The predicted octanol–water partition coefficient (Wildman–Crippen LogP) is 2.56. The monoisotopic (exact) mass is 504 g/mol. The van der Waals surface area contributed by atoms with Crippen LogP contribution in [0.5, 0.6) is 0 Å². The first-order chi connectivity index (χ1) is 12.6. The van der Waals surface area contributed by atoms with E-state index in [0.29, 0.717) is 6.54 Å². The second-order valence-corrected chi connectivity index (χ2v) is 8.55. The highest BCUT2D eigenvalue weighted by molar-refractivity contribution is 14.0. The van der Waals surface area contributed by atoms with Crippen LogP contribution in [-0.4, -0.2) is 77.2 Å². The summed E-state index contributed by atoms with van der Waals surface area (Å²) in [4.78, 5) is 9.61. The standard InChI is InChI=1S/C20H32N4OS.HI/c1-3-21-19(22-15-20(25)7-12-26-16-20)24-10-8-23(9-11-24)14-18-6-4-5-17(2)13-18;/h4-6,13,25H,3,7-12,14-16H2,1-2H3,(H,21,22);1H. The van der Waals surface area contributed by atoms with Gasteiger partial charge in [-0.25, -0.2) is 0 Å². The first-order valence-corrected chi connectivity index (χ1v) is 10.8. The molecule has 1 atom stereocenters. The van der Waals surface area contributed by atoms with Gasteiger partial charge in [-0.05, 0) is 31.6 Å². The van der Waals surface area contributed by atoms with Crippen molar-refractivity contribution in [3.05, 3.63) is 35.4 Å². The Balaban J connectivity index is 0.00000261. The summed E-state index contributed by atoms with van der Waals surface area (Å²) in [7, 11) is 0. The Labute approximate surface area is 185 Å². The van der Waals surface area contributed by atoms with E-state index in [0.717, 1.165) is 63.2 Å². The maximum atomic E-state index is 10.6. The number of hydrogen-bond donors (Lipinski definition) is 2. The first kappa shape index (κ1) is 22.8. The number of nitrogens with one attached hydrogen (secondary N) is 1. The van der Waals surface area contributed by atoms with E-state index >= 15 is 0 Å². The molecule has 2 fully saturated rings. The summed E-state index contributed by atoms with van der Waals surface area (Å²) in [6, 6.07) is 8.78. The number of aliphatic hydroxyl groups is 1.